The van der Waals surface area contributed by atoms with Crippen LogP contribution in [0.4, 0.5) is 23.4 Å². The highest BCUT2D eigenvalue weighted by molar-refractivity contribution is 6.34. The molecule has 0 bridgehead atoms. The summed E-state index contributed by atoms with van der Waals surface area (Å²) in [5.41, 5.74) is -1.63. The van der Waals surface area contributed by atoms with E-state index < -0.39 is 34.3 Å². The number of benzene rings is 1. The number of aromatic nitrogens is 4. The molecule has 0 aliphatic heterocycles. The zero-order chi connectivity index (χ0) is 20.6. The van der Waals surface area contributed by atoms with Gasteiger partial charge in [-0.05, 0) is 12.1 Å². The Kier molecular flexibility index (Phi) is 5.35. The van der Waals surface area contributed by atoms with Crippen molar-refractivity contribution in [3.05, 3.63) is 63.3 Å². The molecule has 1 amide bonds. The lowest BCUT2D eigenvalue weighted by Gasteiger charge is -2.06. The number of carbonyl (C=O) groups excluding carboxylic acids is 1. The van der Waals surface area contributed by atoms with Gasteiger partial charge in [0.2, 0.25) is 0 Å². The summed E-state index contributed by atoms with van der Waals surface area (Å²) in [6.07, 6.45) is -3.32. The van der Waals surface area contributed by atoms with Crippen LogP contribution in [-0.4, -0.2) is 25.5 Å². The topological polar surface area (TPSA) is 64.7 Å². The van der Waals surface area contributed by atoms with Gasteiger partial charge >= 0.3 is 6.18 Å². The predicted octanol–water partition coefficient (Wildman–Crippen LogP) is 4.38. The number of amides is 1. The van der Waals surface area contributed by atoms with E-state index in [4.69, 9.17) is 23.2 Å². The van der Waals surface area contributed by atoms with Crippen LogP contribution in [-0.2, 0) is 19.8 Å². The SMILES string of the molecule is Cn1nc(C(=O)Nc2ccn(Cc3c(F)cccc3Cl)n2)c(Cl)c1C(F)(F)F. The summed E-state index contributed by atoms with van der Waals surface area (Å²) in [5, 5.41) is 9.24. The second-order valence-corrected chi connectivity index (χ2v) is 6.47. The van der Waals surface area contributed by atoms with Crippen molar-refractivity contribution in [1.29, 1.82) is 0 Å². The number of nitrogens with one attached hydrogen (secondary N) is 1. The van der Waals surface area contributed by atoms with E-state index in [0.717, 1.165) is 7.05 Å². The lowest BCUT2D eigenvalue weighted by atomic mass is 10.2. The number of carbonyl (C=O) groups is 1. The van der Waals surface area contributed by atoms with Gasteiger partial charge in [-0.15, -0.1) is 0 Å². The third-order valence-electron chi connectivity index (χ3n) is 3.74. The van der Waals surface area contributed by atoms with Crippen molar-refractivity contribution in [2.45, 2.75) is 12.7 Å². The third kappa shape index (κ3) is 3.97. The van der Waals surface area contributed by atoms with Crippen molar-refractivity contribution in [1.82, 2.24) is 19.6 Å². The highest BCUT2D eigenvalue weighted by atomic mass is 35.5. The van der Waals surface area contributed by atoms with Gasteiger partial charge in [0.25, 0.3) is 5.91 Å². The molecule has 0 aliphatic rings. The summed E-state index contributed by atoms with van der Waals surface area (Å²) in [4.78, 5) is 12.2. The minimum Gasteiger partial charge on any atom is -0.304 e. The van der Waals surface area contributed by atoms with Gasteiger partial charge < -0.3 is 5.32 Å². The highest BCUT2D eigenvalue weighted by Crippen LogP contribution is 2.36. The van der Waals surface area contributed by atoms with E-state index in [1.54, 1.807) is 0 Å². The van der Waals surface area contributed by atoms with Gasteiger partial charge in [0.1, 0.15) is 10.8 Å². The van der Waals surface area contributed by atoms with Crippen LogP contribution in [0.1, 0.15) is 21.7 Å². The first kappa shape index (κ1) is 20.2. The minimum absolute atomic E-state index is 0.00998. The quantitative estimate of drug-likeness (QED) is 0.618. The first-order valence-corrected chi connectivity index (χ1v) is 8.41. The van der Waals surface area contributed by atoms with E-state index in [1.807, 2.05) is 0 Å². The van der Waals surface area contributed by atoms with E-state index in [9.17, 15) is 22.4 Å². The van der Waals surface area contributed by atoms with Crippen LogP contribution < -0.4 is 5.32 Å². The first-order valence-electron chi connectivity index (χ1n) is 7.65. The third-order valence-corrected chi connectivity index (χ3v) is 4.45. The molecular formula is C16H11Cl2F4N5O. The number of aryl methyl sites for hydroxylation is 1. The van der Waals surface area contributed by atoms with Gasteiger partial charge in [0.05, 0.1) is 6.54 Å². The van der Waals surface area contributed by atoms with Crippen LogP contribution in [0.2, 0.25) is 10.0 Å². The van der Waals surface area contributed by atoms with Gasteiger partial charge in [0.15, 0.2) is 17.2 Å². The number of alkyl halides is 3. The molecule has 0 saturated heterocycles. The van der Waals surface area contributed by atoms with Crippen molar-refractivity contribution in [3.63, 3.8) is 0 Å². The fourth-order valence-corrected chi connectivity index (χ4v) is 3.06. The maximum Gasteiger partial charge on any atom is 0.434 e. The standard InChI is InChI=1S/C16H11Cl2F4N5O/c1-26-14(16(20,21)22)12(18)13(25-26)15(28)23-11-5-6-27(24-11)7-8-9(17)3-2-4-10(8)19/h2-6H,7H2,1H3,(H,23,24,28). The Morgan fingerprint density at radius 2 is 1.93 bits per heavy atom. The average molecular weight is 436 g/mol. The summed E-state index contributed by atoms with van der Waals surface area (Å²) in [6.45, 7) is -0.00998. The van der Waals surface area contributed by atoms with Gasteiger partial charge in [-0.1, -0.05) is 29.3 Å². The Balaban J connectivity index is 1.78. The molecule has 0 unspecified atom stereocenters. The Hall–Kier alpha value is -2.59. The highest BCUT2D eigenvalue weighted by Gasteiger charge is 2.40. The van der Waals surface area contributed by atoms with Crippen LogP contribution in [0, 0.1) is 5.82 Å². The number of halogens is 6. The Bertz CT molecular complexity index is 1020. The van der Waals surface area contributed by atoms with E-state index in [0.29, 0.717) is 4.68 Å². The molecular weight excluding hydrogens is 425 g/mol. The summed E-state index contributed by atoms with van der Waals surface area (Å²) >= 11 is 11.6. The van der Waals surface area contributed by atoms with Crippen LogP contribution in [0.3, 0.4) is 0 Å². The molecule has 0 radical (unpaired) electrons. The number of hydrogen-bond acceptors (Lipinski definition) is 3. The molecule has 28 heavy (non-hydrogen) atoms. The molecule has 2 aromatic heterocycles. The predicted molar refractivity (Wildman–Crippen MR) is 93.9 cm³/mol. The monoisotopic (exact) mass is 435 g/mol. The van der Waals surface area contributed by atoms with Crippen molar-refractivity contribution >= 4 is 34.9 Å². The zero-order valence-electron chi connectivity index (χ0n) is 14.1. The van der Waals surface area contributed by atoms with E-state index >= 15 is 0 Å². The first-order chi connectivity index (χ1) is 13.1. The molecule has 12 heteroatoms. The summed E-state index contributed by atoms with van der Waals surface area (Å²) in [5.74, 6) is -1.47. The molecule has 6 nitrogen and oxygen atoms in total. The maximum absolute atomic E-state index is 13.8. The second-order valence-electron chi connectivity index (χ2n) is 5.69. The number of rotatable bonds is 4. The lowest BCUT2D eigenvalue weighted by Crippen LogP contribution is -2.14. The summed E-state index contributed by atoms with van der Waals surface area (Å²) < 4.78 is 54.5. The molecule has 0 fully saturated rings. The molecule has 1 N–H and O–H groups in total. The molecule has 148 valence electrons. The van der Waals surface area contributed by atoms with Crippen LogP contribution in [0.5, 0.6) is 0 Å². The Morgan fingerprint density at radius 1 is 1.21 bits per heavy atom. The van der Waals surface area contributed by atoms with E-state index in [1.165, 1.54) is 35.1 Å². The molecule has 3 rings (SSSR count). The Labute approximate surface area is 165 Å². The number of hydrogen-bond donors (Lipinski definition) is 1. The maximum atomic E-state index is 13.8. The zero-order valence-corrected chi connectivity index (χ0v) is 15.6. The van der Waals surface area contributed by atoms with Crippen molar-refractivity contribution in [3.8, 4) is 0 Å². The fourth-order valence-electron chi connectivity index (χ4n) is 2.49. The molecule has 3 aromatic rings. The lowest BCUT2D eigenvalue weighted by molar-refractivity contribution is -0.143. The molecule has 0 atom stereocenters. The summed E-state index contributed by atoms with van der Waals surface area (Å²) in [7, 11) is 1.03. The molecule has 0 aliphatic carbocycles. The molecule has 2 heterocycles. The molecule has 0 saturated carbocycles. The van der Waals surface area contributed by atoms with Gasteiger partial charge in [0, 0.05) is 29.9 Å². The van der Waals surface area contributed by atoms with Crippen LogP contribution in [0.15, 0.2) is 30.5 Å². The van der Waals surface area contributed by atoms with E-state index in [-0.39, 0.29) is 22.9 Å². The van der Waals surface area contributed by atoms with Crippen molar-refractivity contribution in [2.75, 3.05) is 5.32 Å². The van der Waals surface area contributed by atoms with Crippen LogP contribution >= 0.6 is 23.2 Å². The molecule has 0 spiro atoms. The normalized spacial score (nSPS) is 11.7. The molecule has 1 aromatic carbocycles. The second kappa shape index (κ2) is 7.44. The fraction of sp³-hybridized carbons (Fsp3) is 0.188. The minimum atomic E-state index is -4.77. The smallest absolute Gasteiger partial charge is 0.304 e. The average Bonchev–Trinajstić information content (AvgIpc) is 3.14. The van der Waals surface area contributed by atoms with Crippen molar-refractivity contribution < 1.29 is 22.4 Å². The van der Waals surface area contributed by atoms with Gasteiger partial charge in [-0.2, -0.15) is 23.4 Å². The van der Waals surface area contributed by atoms with E-state index in [2.05, 4.69) is 15.5 Å². The van der Waals surface area contributed by atoms with Gasteiger partial charge in [-0.3, -0.25) is 14.2 Å². The summed E-state index contributed by atoms with van der Waals surface area (Å²) in [6, 6.07) is 5.61. The van der Waals surface area contributed by atoms with Crippen molar-refractivity contribution in [2.24, 2.45) is 7.05 Å². The number of anilines is 1. The van der Waals surface area contributed by atoms with Gasteiger partial charge in [-0.25, -0.2) is 4.39 Å². The van der Waals surface area contributed by atoms with Crippen LogP contribution in [0.25, 0.3) is 0 Å². The largest absolute Gasteiger partial charge is 0.434 e. The number of nitrogens with zero attached hydrogens (tertiary/aromatic N) is 4. The Morgan fingerprint density at radius 3 is 2.54 bits per heavy atom.